The van der Waals surface area contributed by atoms with Crippen molar-refractivity contribution in [2.75, 3.05) is 7.11 Å². The molecule has 0 aliphatic heterocycles. The van der Waals surface area contributed by atoms with Gasteiger partial charge in [-0.1, -0.05) is 19.0 Å². The largest absolute Gasteiger partial charge is 0.497 e. The number of fused-ring (bicyclic) bond motifs is 1. The number of nitrogens with zero attached hydrogens (tertiary/aromatic N) is 3. The van der Waals surface area contributed by atoms with Gasteiger partial charge in [0.05, 0.1) is 36.9 Å². The Morgan fingerprint density at radius 3 is 2.74 bits per heavy atom. The predicted octanol–water partition coefficient (Wildman–Crippen LogP) is 3.31. The second kappa shape index (κ2) is 6.57. The molecule has 7 heteroatoms. The number of methoxy groups -OCH3 is 1. The van der Waals surface area contributed by atoms with Crippen LogP contribution in [-0.4, -0.2) is 28.0 Å². The summed E-state index contributed by atoms with van der Waals surface area (Å²) in [4.78, 5) is 12.5. The van der Waals surface area contributed by atoms with E-state index in [4.69, 9.17) is 9.26 Å². The van der Waals surface area contributed by atoms with Crippen LogP contribution in [0.2, 0.25) is 0 Å². The van der Waals surface area contributed by atoms with Gasteiger partial charge in [-0.2, -0.15) is 5.10 Å². The third-order valence-electron chi connectivity index (χ3n) is 4.96. The average Bonchev–Trinajstić information content (AvgIpc) is 3.31. The van der Waals surface area contributed by atoms with Crippen molar-refractivity contribution in [3.8, 4) is 11.4 Å². The Kier molecular flexibility index (Phi) is 4.22. The van der Waals surface area contributed by atoms with E-state index in [1.807, 2.05) is 35.1 Å². The smallest absolute Gasteiger partial charge is 0.290 e. The van der Waals surface area contributed by atoms with E-state index in [2.05, 4.69) is 29.4 Å². The number of rotatable bonds is 4. The molecule has 140 valence electrons. The lowest BCUT2D eigenvalue weighted by Crippen LogP contribution is -2.36. The predicted molar refractivity (Wildman–Crippen MR) is 98.9 cm³/mol. The highest BCUT2D eigenvalue weighted by Crippen LogP contribution is 2.41. The van der Waals surface area contributed by atoms with E-state index in [0.29, 0.717) is 0 Å². The molecule has 1 N–H and O–H groups in total. The number of benzene rings is 1. The molecule has 2 heterocycles. The lowest BCUT2D eigenvalue weighted by molar-refractivity contribution is 0.0882. The molecule has 1 atom stereocenters. The molecule has 0 radical (unpaired) electrons. The van der Waals surface area contributed by atoms with Gasteiger partial charge in [0.2, 0.25) is 5.76 Å². The molecule has 1 aliphatic carbocycles. The molecular weight excluding hydrogens is 344 g/mol. The Morgan fingerprint density at radius 1 is 1.30 bits per heavy atom. The number of nitrogens with one attached hydrogen (secondary N) is 1. The van der Waals surface area contributed by atoms with E-state index in [1.54, 1.807) is 13.2 Å². The van der Waals surface area contributed by atoms with Crippen molar-refractivity contribution < 1.29 is 14.1 Å². The van der Waals surface area contributed by atoms with Crippen LogP contribution in [0.4, 0.5) is 0 Å². The zero-order valence-corrected chi connectivity index (χ0v) is 15.6. The van der Waals surface area contributed by atoms with E-state index in [1.165, 1.54) is 6.20 Å². The fraction of sp³-hybridized carbons (Fsp3) is 0.350. The number of carbonyl (C=O) groups is 1. The third-order valence-corrected chi connectivity index (χ3v) is 4.96. The molecule has 1 aromatic carbocycles. The van der Waals surface area contributed by atoms with E-state index < -0.39 is 0 Å². The van der Waals surface area contributed by atoms with Crippen LogP contribution in [-0.2, 0) is 6.42 Å². The van der Waals surface area contributed by atoms with Gasteiger partial charge >= 0.3 is 0 Å². The van der Waals surface area contributed by atoms with Crippen LogP contribution < -0.4 is 10.1 Å². The Bertz CT molecular complexity index is 942. The van der Waals surface area contributed by atoms with E-state index in [-0.39, 0.29) is 23.1 Å². The highest BCUT2D eigenvalue weighted by atomic mass is 16.5. The summed E-state index contributed by atoms with van der Waals surface area (Å²) in [5.74, 6) is 0.748. The monoisotopic (exact) mass is 366 g/mol. The molecule has 1 aliphatic rings. The first kappa shape index (κ1) is 17.3. The number of amides is 1. The highest BCUT2D eigenvalue weighted by molar-refractivity contribution is 5.91. The van der Waals surface area contributed by atoms with Gasteiger partial charge in [-0.3, -0.25) is 4.79 Å². The maximum absolute atomic E-state index is 12.5. The summed E-state index contributed by atoms with van der Waals surface area (Å²) < 4.78 is 12.2. The van der Waals surface area contributed by atoms with E-state index >= 15 is 0 Å². The van der Waals surface area contributed by atoms with Gasteiger partial charge in [0, 0.05) is 11.6 Å². The summed E-state index contributed by atoms with van der Waals surface area (Å²) in [5, 5.41) is 11.3. The summed E-state index contributed by atoms with van der Waals surface area (Å²) in [6.45, 7) is 4.41. The zero-order chi connectivity index (χ0) is 19.0. The van der Waals surface area contributed by atoms with Crippen molar-refractivity contribution >= 4 is 5.91 Å². The molecule has 0 bridgehead atoms. The normalized spacial score (nSPS) is 18.0. The van der Waals surface area contributed by atoms with Crippen molar-refractivity contribution in [3.63, 3.8) is 0 Å². The Hall–Kier alpha value is -3.09. The molecule has 0 saturated carbocycles. The van der Waals surface area contributed by atoms with Crippen molar-refractivity contribution in [2.24, 2.45) is 5.41 Å². The van der Waals surface area contributed by atoms with Gasteiger partial charge in [-0.15, -0.1) is 0 Å². The summed E-state index contributed by atoms with van der Waals surface area (Å²) in [5.41, 5.74) is 3.14. The number of hydrogen-bond acceptors (Lipinski definition) is 5. The molecule has 0 fully saturated rings. The summed E-state index contributed by atoms with van der Waals surface area (Å²) in [7, 11) is 1.65. The minimum Gasteiger partial charge on any atom is -0.497 e. The second-order valence-corrected chi connectivity index (χ2v) is 7.60. The fourth-order valence-electron chi connectivity index (χ4n) is 3.68. The maximum Gasteiger partial charge on any atom is 0.290 e. The fourth-order valence-corrected chi connectivity index (χ4v) is 3.68. The highest BCUT2D eigenvalue weighted by Gasteiger charge is 2.36. The van der Waals surface area contributed by atoms with Crippen LogP contribution in [0.1, 0.15) is 48.1 Å². The molecular formula is C20H22N4O3. The van der Waals surface area contributed by atoms with E-state index in [0.717, 1.165) is 35.5 Å². The van der Waals surface area contributed by atoms with E-state index in [9.17, 15) is 4.79 Å². The molecule has 4 rings (SSSR count). The summed E-state index contributed by atoms with van der Waals surface area (Å²) in [6, 6.07) is 9.23. The molecule has 2 aromatic heterocycles. The van der Waals surface area contributed by atoms with Crippen molar-refractivity contribution in [3.05, 3.63) is 59.7 Å². The molecule has 3 aromatic rings. The number of carbonyl (C=O) groups excluding carboxylic acids is 1. The van der Waals surface area contributed by atoms with Gasteiger partial charge in [-0.05, 0) is 42.5 Å². The Morgan fingerprint density at radius 2 is 2.07 bits per heavy atom. The first-order chi connectivity index (χ1) is 13.0. The van der Waals surface area contributed by atoms with Gasteiger partial charge < -0.3 is 14.6 Å². The molecule has 0 spiro atoms. The molecule has 0 unspecified atom stereocenters. The van der Waals surface area contributed by atoms with Gasteiger partial charge in [-0.25, -0.2) is 4.68 Å². The lowest BCUT2D eigenvalue weighted by Gasteiger charge is -2.35. The van der Waals surface area contributed by atoms with Gasteiger partial charge in [0.15, 0.2) is 0 Å². The first-order valence-corrected chi connectivity index (χ1v) is 8.90. The van der Waals surface area contributed by atoms with Crippen LogP contribution in [0.25, 0.3) is 5.69 Å². The summed E-state index contributed by atoms with van der Waals surface area (Å²) >= 11 is 0. The Balaban J connectivity index is 1.67. The average molecular weight is 366 g/mol. The van der Waals surface area contributed by atoms with Crippen LogP contribution in [0.5, 0.6) is 5.75 Å². The quantitative estimate of drug-likeness (QED) is 0.766. The molecule has 7 nitrogen and oxygen atoms in total. The minimum atomic E-state index is -0.265. The number of hydrogen-bond donors (Lipinski definition) is 1. The summed E-state index contributed by atoms with van der Waals surface area (Å²) in [6.07, 6.45) is 5.02. The Labute approximate surface area is 157 Å². The van der Waals surface area contributed by atoms with Crippen LogP contribution in [0.3, 0.4) is 0 Å². The van der Waals surface area contributed by atoms with Crippen LogP contribution in [0.15, 0.2) is 47.2 Å². The van der Waals surface area contributed by atoms with Crippen molar-refractivity contribution in [1.29, 1.82) is 0 Å². The SMILES string of the molecule is COc1ccc(-n2ncc3c2CC(C)(C)C[C@@H]3NC(=O)c2ccno2)cc1. The third kappa shape index (κ3) is 3.32. The minimum absolute atomic E-state index is 0.0244. The number of aromatic nitrogens is 3. The number of ether oxygens (including phenoxy) is 1. The lowest BCUT2D eigenvalue weighted by atomic mass is 9.74. The van der Waals surface area contributed by atoms with Gasteiger partial charge in [0.25, 0.3) is 5.91 Å². The maximum atomic E-state index is 12.5. The van der Waals surface area contributed by atoms with Gasteiger partial charge in [0.1, 0.15) is 5.75 Å². The first-order valence-electron chi connectivity index (χ1n) is 8.90. The van der Waals surface area contributed by atoms with Crippen molar-refractivity contribution in [2.45, 2.75) is 32.7 Å². The zero-order valence-electron chi connectivity index (χ0n) is 15.6. The van der Waals surface area contributed by atoms with Crippen LogP contribution in [0, 0.1) is 5.41 Å². The standard InChI is InChI=1S/C20H22N4O3/c1-20(2)10-16(23-19(25)18-8-9-22-27-18)15-12-21-24(17(15)11-20)13-4-6-14(26-3)7-5-13/h4-9,12,16H,10-11H2,1-3H3,(H,23,25)/t16-/m0/s1. The second-order valence-electron chi connectivity index (χ2n) is 7.60. The molecule has 27 heavy (non-hydrogen) atoms. The van der Waals surface area contributed by atoms with Crippen molar-refractivity contribution in [1.82, 2.24) is 20.3 Å². The van der Waals surface area contributed by atoms with Crippen LogP contribution >= 0.6 is 0 Å². The molecule has 0 saturated heterocycles. The molecule has 1 amide bonds. The topological polar surface area (TPSA) is 82.2 Å².